The number of methoxy groups -OCH3 is 1. The summed E-state index contributed by atoms with van der Waals surface area (Å²) in [6.07, 6.45) is 7.91. The second kappa shape index (κ2) is 6.98. The van der Waals surface area contributed by atoms with Crippen LogP contribution in [0.4, 0.5) is 0 Å². The topological polar surface area (TPSA) is 43.4 Å². The van der Waals surface area contributed by atoms with E-state index in [1.54, 1.807) is 18.4 Å². The number of nitrogens with one attached hydrogen (secondary N) is 1. The predicted octanol–water partition coefficient (Wildman–Crippen LogP) is 2.87. The lowest BCUT2D eigenvalue weighted by atomic mass is 9.95. The number of aromatic nitrogens is 1. The average Bonchev–Trinajstić information content (AvgIpc) is 3.21. The van der Waals surface area contributed by atoms with E-state index in [0.717, 1.165) is 31.1 Å². The summed E-state index contributed by atoms with van der Waals surface area (Å²) in [5.41, 5.74) is 1.07. The molecule has 1 N–H and O–H groups in total. The van der Waals surface area contributed by atoms with Crippen molar-refractivity contribution in [3.8, 4) is 0 Å². The van der Waals surface area contributed by atoms with E-state index >= 15 is 0 Å². The first-order chi connectivity index (χ1) is 9.83. The van der Waals surface area contributed by atoms with Crippen molar-refractivity contribution in [2.75, 3.05) is 7.11 Å². The molecule has 20 heavy (non-hydrogen) atoms. The van der Waals surface area contributed by atoms with Crippen LogP contribution in [0.3, 0.4) is 0 Å². The highest BCUT2D eigenvalue weighted by atomic mass is 32.1. The largest absolute Gasteiger partial charge is 0.381 e. The fourth-order valence-corrected chi connectivity index (χ4v) is 3.42. The van der Waals surface area contributed by atoms with E-state index in [4.69, 9.17) is 9.47 Å². The van der Waals surface area contributed by atoms with E-state index in [0.29, 0.717) is 18.8 Å². The Bertz CT molecular complexity index is 420. The minimum atomic E-state index is 0.337. The van der Waals surface area contributed by atoms with Gasteiger partial charge in [-0.2, -0.15) is 0 Å². The molecule has 0 amide bonds. The first kappa shape index (κ1) is 14.4. The molecule has 2 atom stereocenters. The minimum absolute atomic E-state index is 0.337. The van der Waals surface area contributed by atoms with Gasteiger partial charge in [0.15, 0.2) is 0 Å². The van der Waals surface area contributed by atoms with E-state index in [1.807, 2.05) is 0 Å². The molecule has 5 heteroatoms. The summed E-state index contributed by atoms with van der Waals surface area (Å²) in [7, 11) is 1.80. The Morgan fingerprint density at radius 3 is 2.95 bits per heavy atom. The van der Waals surface area contributed by atoms with E-state index in [2.05, 4.69) is 15.7 Å². The molecule has 4 nitrogen and oxygen atoms in total. The third-order valence-electron chi connectivity index (χ3n) is 4.10. The maximum atomic E-state index is 6.00. The van der Waals surface area contributed by atoms with Crippen LogP contribution in [0.25, 0.3) is 0 Å². The molecule has 0 saturated heterocycles. The quantitative estimate of drug-likeness (QED) is 0.840. The molecule has 0 bridgehead atoms. The van der Waals surface area contributed by atoms with Crippen molar-refractivity contribution >= 4 is 11.3 Å². The van der Waals surface area contributed by atoms with Gasteiger partial charge in [0, 0.05) is 25.1 Å². The lowest BCUT2D eigenvalue weighted by Crippen LogP contribution is -2.27. The van der Waals surface area contributed by atoms with Crippen molar-refractivity contribution in [1.29, 1.82) is 0 Å². The summed E-state index contributed by atoms with van der Waals surface area (Å²) in [4.78, 5) is 4.63. The molecule has 0 aromatic carbocycles. The number of hydrogen-bond acceptors (Lipinski definition) is 5. The van der Waals surface area contributed by atoms with Crippen molar-refractivity contribution in [3.05, 3.63) is 16.1 Å². The van der Waals surface area contributed by atoms with Crippen molar-refractivity contribution in [2.24, 2.45) is 0 Å². The molecule has 1 aromatic rings. The average molecular weight is 296 g/mol. The summed E-state index contributed by atoms with van der Waals surface area (Å²) in [5, 5.41) is 6.80. The molecular formula is C15H24N2O2S. The summed E-state index contributed by atoms with van der Waals surface area (Å²) in [6.45, 7) is 1.55. The van der Waals surface area contributed by atoms with Crippen LogP contribution in [0.2, 0.25) is 0 Å². The van der Waals surface area contributed by atoms with Gasteiger partial charge in [0.1, 0.15) is 5.01 Å². The normalized spacial score (nSPS) is 26.9. The molecule has 1 aromatic heterocycles. The van der Waals surface area contributed by atoms with E-state index in [1.165, 1.54) is 30.7 Å². The maximum absolute atomic E-state index is 6.00. The van der Waals surface area contributed by atoms with E-state index in [9.17, 15) is 0 Å². The third-order valence-corrected chi connectivity index (χ3v) is 4.99. The Morgan fingerprint density at radius 1 is 1.30 bits per heavy atom. The first-order valence-electron chi connectivity index (χ1n) is 7.64. The monoisotopic (exact) mass is 296 g/mol. The molecule has 2 fully saturated rings. The highest BCUT2D eigenvalue weighted by Crippen LogP contribution is 2.24. The van der Waals surface area contributed by atoms with Crippen molar-refractivity contribution < 1.29 is 9.47 Å². The molecule has 112 valence electrons. The lowest BCUT2D eigenvalue weighted by Gasteiger charge is -2.27. The van der Waals surface area contributed by atoms with Gasteiger partial charge < -0.3 is 14.8 Å². The van der Waals surface area contributed by atoms with Crippen LogP contribution in [0.15, 0.2) is 5.38 Å². The van der Waals surface area contributed by atoms with Gasteiger partial charge in [-0.1, -0.05) is 0 Å². The van der Waals surface area contributed by atoms with Gasteiger partial charge in [-0.3, -0.25) is 0 Å². The Hall–Kier alpha value is -0.490. The number of hydrogen-bond donors (Lipinski definition) is 1. The van der Waals surface area contributed by atoms with Gasteiger partial charge in [-0.15, -0.1) is 11.3 Å². The van der Waals surface area contributed by atoms with E-state index in [-0.39, 0.29) is 0 Å². The zero-order valence-electron chi connectivity index (χ0n) is 12.1. The molecule has 0 spiro atoms. The van der Waals surface area contributed by atoms with Crippen LogP contribution in [-0.4, -0.2) is 30.3 Å². The Balaban J connectivity index is 1.40. The van der Waals surface area contributed by atoms with Crippen LogP contribution in [0.5, 0.6) is 0 Å². The van der Waals surface area contributed by atoms with Crippen molar-refractivity contribution in [2.45, 2.75) is 69.9 Å². The fraction of sp³-hybridized carbons (Fsp3) is 0.800. The van der Waals surface area contributed by atoms with Crippen LogP contribution in [-0.2, 0) is 22.6 Å². The summed E-state index contributed by atoms with van der Waals surface area (Å²) >= 11 is 1.73. The van der Waals surface area contributed by atoms with Gasteiger partial charge in [0.05, 0.1) is 24.5 Å². The molecule has 2 unspecified atom stereocenters. The molecule has 3 rings (SSSR count). The number of rotatable bonds is 7. The highest BCUT2D eigenvalue weighted by Gasteiger charge is 2.23. The van der Waals surface area contributed by atoms with Gasteiger partial charge in [0.25, 0.3) is 0 Å². The second-order valence-electron chi connectivity index (χ2n) is 5.85. The van der Waals surface area contributed by atoms with Gasteiger partial charge in [-0.25, -0.2) is 4.98 Å². The molecule has 2 aliphatic rings. The molecule has 0 aliphatic heterocycles. The van der Waals surface area contributed by atoms with Crippen LogP contribution >= 0.6 is 11.3 Å². The lowest BCUT2D eigenvalue weighted by molar-refractivity contribution is -0.0371. The summed E-state index contributed by atoms with van der Waals surface area (Å²) in [5.74, 6) is 0. The standard InChI is InChI=1S/C15H24N2O2S/c1-18-13-3-2-4-14(7-13)19-9-12-10-20-15(17-12)8-16-11-5-6-11/h10-11,13-14,16H,2-9H2,1H3. The fourth-order valence-electron chi connectivity index (χ4n) is 2.69. The SMILES string of the molecule is COC1CCCC(OCc2csc(CNC3CC3)n2)C1. The van der Waals surface area contributed by atoms with Crippen LogP contribution in [0.1, 0.15) is 49.2 Å². The van der Waals surface area contributed by atoms with Gasteiger partial charge in [0.2, 0.25) is 0 Å². The number of ether oxygens (including phenoxy) is 2. The van der Waals surface area contributed by atoms with E-state index < -0.39 is 0 Å². The Labute approximate surface area is 124 Å². The zero-order chi connectivity index (χ0) is 13.8. The van der Waals surface area contributed by atoms with Crippen LogP contribution < -0.4 is 5.32 Å². The molecular weight excluding hydrogens is 272 g/mol. The van der Waals surface area contributed by atoms with Crippen molar-refractivity contribution in [1.82, 2.24) is 10.3 Å². The molecule has 2 aliphatic carbocycles. The summed E-state index contributed by atoms with van der Waals surface area (Å²) < 4.78 is 11.4. The summed E-state index contributed by atoms with van der Waals surface area (Å²) in [6, 6.07) is 0.742. The number of thiazole rings is 1. The van der Waals surface area contributed by atoms with Crippen molar-refractivity contribution in [3.63, 3.8) is 0 Å². The molecule has 0 radical (unpaired) electrons. The maximum Gasteiger partial charge on any atom is 0.107 e. The highest BCUT2D eigenvalue weighted by molar-refractivity contribution is 7.09. The van der Waals surface area contributed by atoms with Gasteiger partial charge in [-0.05, 0) is 38.5 Å². The second-order valence-corrected chi connectivity index (χ2v) is 6.79. The Kier molecular flexibility index (Phi) is 5.04. The Morgan fingerprint density at radius 2 is 2.15 bits per heavy atom. The van der Waals surface area contributed by atoms with Gasteiger partial charge >= 0.3 is 0 Å². The minimum Gasteiger partial charge on any atom is -0.381 e. The predicted molar refractivity (Wildman–Crippen MR) is 79.8 cm³/mol. The van der Waals surface area contributed by atoms with Crippen LogP contribution in [0, 0.1) is 0 Å². The smallest absolute Gasteiger partial charge is 0.107 e. The molecule has 2 saturated carbocycles. The first-order valence-corrected chi connectivity index (χ1v) is 8.52. The number of nitrogens with zero attached hydrogens (tertiary/aromatic N) is 1. The zero-order valence-corrected chi connectivity index (χ0v) is 13.0. The molecule has 1 heterocycles. The third kappa shape index (κ3) is 4.25.